The molecule has 0 rings (SSSR count). The SMILES string of the molecule is CCCCCCCCN(CCCCCCCC)OC=O. The van der Waals surface area contributed by atoms with Crippen LogP contribution in [0.2, 0.25) is 0 Å². The van der Waals surface area contributed by atoms with E-state index >= 15 is 0 Å². The third kappa shape index (κ3) is 13.9. The molecule has 0 saturated heterocycles. The molecule has 0 atom stereocenters. The molecule has 3 nitrogen and oxygen atoms in total. The second-order valence-corrected chi connectivity index (χ2v) is 5.67. The summed E-state index contributed by atoms with van der Waals surface area (Å²) in [6, 6.07) is 0. The summed E-state index contributed by atoms with van der Waals surface area (Å²) in [6.07, 6.45) is 15.3. The van der Waals surface area contributed by atoms with Gasteiger partial charge in [-0.3, -0.25) is 4.79 Å². The van der Waals surface area contributed by atoms with Crippen molar-refractivity contribution < 1.29 is 9.63 Å². The fourth-order valence-electron chi connectivity index (χ4n) is 2.42. The van der Waals surface area contributed by atoms with Gasteiger partial charge in [0, 0.05) is 13.1 Å². The van der Waals surface area contributed by atoms with Gasteiger partial charge in [0.2, 0.25) is 0 Å². The minimum Gasteiger partial charge on any atom is -0.371 e. The van der Waals surface area contributed by atoms with Crippen LogP contribution in [0, 0.1) is 0 Å². The lowest BCUT2D eigenvalue weighted by Crippen LogP contribution is -2.26. The van der Waals surface area contributed by atoms with Crippen molar-refractivity contribution in [3.05, 3.63) is 0 Å². The van der Waals surface area contributed by atoms with E-state index in [0.29, 0.717) is 6.47 Å². The Morgan fingerprint density at radius 1 is 0.700 bits per heavy atom. The zero-order valence-corrected chi connectivity index (χ0v) is 13.7. The highest BCUT2D eigenvalue weighted by Gasteiger charge is 2.04. The summed E-state index contributed by atoms with van der Waals surface area (Å²) in [5.41, 5.74) is 0. The van der Waals surface area contributed by atoms with Crippen LogP contribution < -0.4 is 0 Å². The summed E-state index contributed by atoms with van der Waals surface area (Å²) in [5.74, 6) is 0. The Labute approximate surface area is 126 Å². The van der Waals surface area contributed by atoms with E-state index in [1.807, 2.05) is 5.06 Å². The molecule has 0 aromatic carbocycles. The van der Waals surface area contributed by atoms with Gasteiger partial charge in [0.25, 0.3) is 0 Å². The van der Waals surface area contributed by atoms with Crippen LogP contribution in [0.15, 0.2) is 0 Å². The van der Waals surface area contributed by atoms with Gasteiger partial charge >= 0.3 is 6.47 Å². The summed E-state index contributed by atoms with van der Waals surface area (Å²) in [4.78, 5) is 15.5. The molecule has 0 aliphatic rings. The van der Waals surface area contributed by atoms with Gasteiger partial charge in [0.15, 0.2) is 0 Å². The summed E-state index contributed by atoms with van der Waals surface area (Å²) >= 11 is 0. The highest BCUT2D eigenvalue weighted by atomic mass is 16.7. The Bertz CT molecular complexity index is 181. The Hall–Kier alpha value is -0.570. The van der Waals surface area contributed by atoms with Gasteiger partial charge in [-0.1, -0.05) is 78.1 Å². The van der Waals surface area contributed by atoms with Crippen LogP contribution in [0.4, 0.5) is 0 Å². The first-order valence-corrected chi connectivity index (χ1v) is 8.70. The lowest BCUT2D eigenvalue weighted by atomic mass is 10.1. The lowest BCUT2D eigenvalue weighted by Gasteiger charge is -2.18. The highest BCUT2D eigenvalue weighted by molar-refractivity contribution is 5.36. The molecule has 120 valence electrons. The first-order chi connectivity index (χ1) is 9.85. The topological polar surface area (TPSA) is 29.5 Å². The van der Waals surface area contributed by atoms with Crippen molar-refractivity contribution in [2.24, 2.45) is 0 Å². The van der Waals surface area contributed by atoms with E-state index < -0.39 is 0 Å². The molecular formula is C17H35NO2. The Balaban J connectivity index is 3.47. The molecule has 0 radical (unpaired) electrons. The molecule has 0 spiro atoms. The lowest BCUT2D eigenvalue weighted by molar-refractivity contribution is -0.174. The van der Waals surface area contributed by atoms with Gasteiger partial charge < -0.3 is 4.84 Å². The van der Waals surface area contributed by atoms with E-state index in [9.17, 15) is 4.79 Å². The smallest absolute Gasteiger partial charge is 0.312 e. The number of hydrogen-bond donors (Lipinski definition) is 0. The summed E-state index contributed by atoms with van der Waals surface area (Å²) in [6.45, 7) is 6.81. The summed E-state index contributed by atoms with van der Waals surface area (Å²) in [5, 5.41) is 1.84. The molecule has 0 unspecified atom stereocenters. The van der Waals surface area contributed by atoms with Crippen molar-refractivity contribution in [2.75, 3.05) is 13.1 Å². The van der Waals surface area contributed by atoms with Crippen molar-refractivity contribution >= 4 is 6.47 Å². The van der Waals surface area contributed by atoms with E-state index in [1.54, 1.807) is 0 Å². The van der Waals surface area contributed by atoms with Gasteiger partial charge in [-0.25, -0.2) is 0 Å². The molecule has 0 heterocycles. The number of carbonyl (C=O) groups is 1. The van der Waals surface area contributed by atoms with Crippen LogP contribution in [0.1, 0.15) is 90.9 Å². The predicted octanol–water partition coefficient (Wildman–Crippen LogP) is 5.10. The second-order valence-electron chi connectivity index (χ2n) is 5.67. The third-order valence-corrected chi connectivity index (χ3v) is 3.71. The molecule has 0 aromatic heterocycles. The standard InChI is InChI=1S/C17H35NO2/c1-3-5-7-9-11-13-15-18(20-17-19)16-14-12-10-8-6-4-2/h17H,3-16H2,1-2H3. The quantitative estimate of drug-likeness (QED) is 0.224. The van der Waals surface area contributed by atoms with Gasteiger partial charge in [0.1, 0.15) is 0 Å². The van der Waals surface area contributed by atoms with Crippen molar-refractivity contribution in [1.29, 1.82) is 0 Å². The van der Waals surface area contributed by atoms with E-state index in [0.717, 1.165) is 25.9 Å². The number of carbonyl (C=O) groups excluding carboxylic acids is 1. The third-order valence-electron chi connectivity index (χ3n) is 3.71. The van der Waals surface area contributed by atoms with Crippen LogP contribution in [0.25, 0.3) is 0 Å². The normalized spacial score (nSPS) is 10.9. The molecule has 0 bridgehead atoms. The first-order valence-electron chi connectivity index (χ1n) is 8.70. The van der Waals surface area contributed by atoms with Crippen molar-refractivity contribution in [2.45, 2.75) is 90.9 Å². The molecule has 0 N–H and O–H groups in total. The molecule has 20 heavy (non-hydrogen) atoms. The van der Waals surface area contributed by atoms with Crippen LogP contribution in [-0.4, -0.2) is 24.6 Å². The van der Waals surface area contributed by atoms with Crippen molar-refractivity contribution in [3.63, 3.8) is 0 Å². The first kappa shape index (κ1) is 19.4. The molecule has 3 heteroatoms. The van der Waals surface area contributed by atoms with Gasteiger partial charge in [-0.15, -0.1) is 5.06 Å². The summed E-state index contributed by atoms with van der Waals surface area (Å²) in [7, 11) is 0. The average molecular weight is 285 g/mol. The molecule has 0 aliphatic carbocycles. The fraction of sp³-hybridized carbons (Fsp3) is 0.941. The maximum Gasteiger partial charge on any atom is 0.312 e. The Kier molecular flexibility index (Phi) is 16.0. The molecule has 0 fully saturated rings. The van der Waals surface area contributed by atoms with Crippen molar-refractivity contribution in [1.82, 2.24) is 5.06 Å². The highest BCUT2D eigenvalue weighted by Crippen LogP contribution is 2.08. The molecule has 0 aromatic rings. The largest absolute Gasteiger partial charge is 0.371 e. The van der Waals surface area contributed by atoms with Gasteiger partial charge in [-0.2, -0.15) is 0 Å². The minimum atomic E-state index is 0.564. The second kappa shape index (κ2) is 16.5. The van der Waals surface area contributed by atoms with Gasteiger partial charge in [0.05, 0.1) is 0 Å². The maximum atomic E-state index is 10.5. The van der Waals surface area contributed by atoms with E-state index in [1.165, 1.54) is 64.2 Å². The number of hydrogen-bond acceptors (Lipinski definition) is 3. The maximum absolute atomic E-state index is 10.5. The van der Waals surface area contributed by atoms with E-state index in [2.05, 4.69) is 13.8 Å². The van der Waals surface area contributed by atoms with Gasteiger partial charge in [-0.05, 0) is 12.8 Å². The average Bonchev–Trinajstić information content (AvgIpc) is 2.46. The number of hydroxylamine groups is 2. The van der Waals surface area contributed by atoms with E-state index in [-0.39, 0.29) is 0 Å². The molecular weight excluding hydrogens is 250 g/mol. The number of unbranched alkanes of at least 4 members (excludes halogenated alkanes) is 10. The van der Waals surface area contributed by atoms with Crippen LogP contribution in [0.3, 0.4) is 0 Å². The molecule has 0 saturated carbocycles. The molecule has 0 aliphatic heterocycles. The fourth-order valence-corrected chi connectivity index (χ4v) is 2.42. The predicted molar refractivity (Wildman–Crippen MR) is 85.5 cm³/mol. The number of nitrogens with zero attached hydrogens (tertiary/aromatic N) is 1. The zero-order valence-electron chi connectivity index (χ0n) is 13.7. The monoisotopic (exact) mass is 285 g/mol. The van der Waals surface area contributed by atoms with Crippen LogP contribution >= 0.6 is 0 Å². The van der Waals surface area contributed by atoms with Crippen molar-refractivity contribution in [3.8, 4) is 0 Å². The van der Waals surface area contributed by atoms with E-state index in [4.69, 9.17) is 4.84 Å². The zero-order chi connectivity index (χ0) is 14.9. The number of rotatable bonds is 16. The van der Waals surface area contributed by atoms with Crippen LogP contribution in [-0.2, 0) is 9.63 Å². The Morgan fingerprint density at radius 2 is 1.10 bits per heavy atom. The Morgan fingerprint density at radius 3 is 1.50 bits per heavy atom. The summed E-state index contributed by atoms with van der Waals surface area (Å²) < 4.78 is 0. The molecule has 0 amide bonds. The van der Waals surface area contributed by atoms with Crippen LogP contribution in [0.5, 0.6) is 0 Å². The minimum absolute atomic E-state index is 0.564.